The number of Topliss-reactive ketones (excluding diaryl/α,β-unsaturated/α-hetero) is 1. The lowest BCUT2D eigenvalue weighted by Crippen LogP contribution is -2.20. The van der Waals surface area contributed by atoms with Crippen LogP contribution in [0.15, 0.2) is 12.4 Å². The molecule has 0 spiro atoms. The van der Waals surface area contributed by atoms with Gasteiger partial charge >= 0.3 is 6.18 Å². The molecule has 0 amide bonds. The zero-order valence-electron chi connectivity index (χ0n) is 9.33. The molecule has 7 heteroatoms. The summed E-state index contributed by atoms with van der Waals surface area (Å²) in [5.74, 6) is -0.503. The van der Waals surface area contributed by atoms with Gasteiger partial charge in [0.1, 0.15) is 13.2 Å². The number of hydrogen-bond donors (Lipinski definition) is 0. The van der Waals surface area contributed by atoms with Crippen LogP contribution in [0.3, 0.4) is 0 Å². The van der Waals surface area contributed by atoms with Crippen molar-refractivity contribution in [2.45, 2.75) is 26.1 Å². The van der Waals surface area contributed by atoms with Crippen LogP contribution in [0.5, 0.6) is 0 Å². The topological polar surface area (TPSA) is 44.1 Å². The zero-order valence-corrected chi connectivity index (χ0v) is 9.33. The molecule has 0 bridgehead atoms. The lowest BCUT2D eigenvalue weighted by molar-refractivity contribution is -0.170. The van der Waals surface area contributed by atoms with E-state index in [0.717, 1.165) is 6.42 Å². The van der Waals surface area contributed by atoms with Gasteiger partial charge < -0.3 is 4.74 Å². The third-order valence-corrected chi connectivity index (χ3v) is 1.91. The second kappa shape index (κ2) is 5.81. The molecule has 0 atom stereocenters. The van der Waals surface area contributed by atoms with Crippen molar-refractivity contribution < 1.29 is 22.7 Å². The number of ketones is 1. The molecule has 1 aromatic heterocycles. The molecule has 1 aromatic rings. The van der Waals surface area contributed by atoms with Gasteiger partial charge in [-0.15, -0.1) is 0 Å². The fourth-order valence-electron chi connectivity index (χ4n) is 1.20. The maximum atomic E-state index is 11.8. The van der Waals surface area contributed by atoms with Crippen LogP contribution in [0.4, 0.5) is 13.2 Å². The van der Waals surface area contributed by atoms with Crippen LogP contribution in [-0.4, -0.2) is 35.0 Å². The van der Waals surface area contributed by atoms with E-state index in [2.05, 4.69) is 9.84 Å². The van der Waals surface area contributed by atoms with E-state index >= 15 is 0 Å². The largest absolute Gasteiger partial charge is 0.411 e. The second-order valence-corrected chi connectivity index (χ2v) is 3.52. The van der Waals surface area contributed by atoms with Gasteiger partial charge in [-0.2, -0.15) is 18.3 Å². The van der Waals surface area contributed by atoms with Gasteiger partial charge in [-0.1, -0.05) is 6.92 Å². The molecule has 0 saturated heterocycles. The van der Waals surface area contributed by atoms with Gasteiger partial charge in [0.25, 0.3) is 0 Å². The Bertz CT molecular complexity index is 374. The third kappa shape index (κ3) is 4.99. The zero-order chi connectivity index (χ0) is 12.9. The number of aromatic nitrogens is 2. The molecular weight excluding hydrogens is 237 g/mol. The van der Waals surface area contributed by atoms with E-state index in [1.165, 1.54) is 12.4 Å². The van der Waals surface area contributed by atoms with Crippen molar-refractivity contribution in [1.29, 1.82) is 0 Å². The quantitative estimate of drug-likeness (QED) is 0.726. The summed E-state index contributed by atoms with van der Waals surface area (Å²) in [6, 6.07) is 0. The minimum absolute atomic E-state index is 0.264. The molecule has 96 valence electrons. The Morgan fingerprint density at radius 3 is 2.82 bits per heavy atom. The highest BCUT2D eigenvalue weighted by Gasteiger charge is 2.27. The van der Waals surface area contributed by atoms with Gasteiger partial charge in [0.05, 0.1) is 11.8 Å². The minimum Gasteiger partial charge on any atom is -0.364 e. The van der Waals surface area contributed by atoms with Crippen molar-refractivity contribution in [3.63, 3.8) is 0 Å². The SMILES string of the molecule is CCCn1cc(C(=O)COCC(F)(F)F)cn1. The fourth-order valence-corrected chi connectivity index (χ4v) is 1.20. The number of rotatable bonds is 6. The van der Waals surface area contributed by atoms with E-state index < -0.39 is 25.2 Å². The normalized spacial score (nSPS) is 11.8. The van der Waals surface area contributed by atoms with Crippen LogP contribution in [0.25, 0.3) is 0 Å². The molecule has 0 aliphatic heterocycles. The van der Waals surface area contributed by atoms with Gasteiger partial charge in [-0.25, -0.2) is 0 Å². The van der Waals surface area contributed by atoms with Gasteiger partial charge in [-0.05, 0) is 6.42 Å². The number of aryl methyl sites for hydroxylation is 1. The smallest absolute Gasteiger partial charge is 0.364 e. The molecule has 0 aliphatic carbocycles. The Morgan fingerprint density at radius 2 is 2.24 bits per heavy atom. The number of nitrogens with zero attached hydrogens (tertiary/aromatic N) is 2. The Balaban J connectivity index is 2.41. The van der Waals surface area contributed by atoms with E-state index in [1.807, 2.05) is 6.92 Å². The van der Waals surface area contributed by atoms with Crippen molar-refractivity contribution in [3.05, 3.63) is 18.0 Å². The molecule has 0 N–H and O–H groups in total. The lowest BCUT2D eigenvalue weighted by atomic mass is 10.2. The number of carbonyl (C=O) groups excluding carboxylic acids is 1. The molecule has 17 heavy (non-hydrogen) atoms. The molecule has 4 nitrogen and oxygen atoms in total. The first kappa shape index (κ1) is 13.7. The molecule has 0 saturated carbocycles. The summed E-state index contributed by atoms with van der Waals surface area (Å²) < 4.78 is 41.1. The Labute approximate surface area is 96.4 Å². The highest BCUT2D eigenvalue weighted by atomic mass is 19.4. The van der Waals surface area contributed by atoms with E-state index in [1.54, 1.807) is 4.68 Å². The van der Waals surface area contributed by atoms with Crippen molar-refractivity contribution >= 4 is 5.78 Å². The molecule has 0 unspecified atom stereocenters. The summed E-state index contributed by atoms with van der Waals surface area (Å²) in [6.45, 7) is 0.617. The first-order valence-corrected chi connectivity index (χ1v) is 5.12. The van der Waals surface area contributed by atoms with Crippen LogP contribution < -0.4 is 0 Å². The molecular formula is C10H13F3N2O2. The summed E-state index contributed by atoms with van der Waals surface area (Å²) >= 11 is 0. The van der Waals surface area contributed by atoms with Crippen molar-refractivity contribution in [3.8, 4) is 0 Å². The minimum atomic E-state index is -4.41. The number of halogens is 3. The summed E-state index contributed by atoms with van der Waals surface area (Å²) in [7, 11) is 0. The highest BCUT2D eigenvalue weighted by molar-refractivity contribution is 5.96. The molecule has 0 fully saturated rings. The van der Waals surface area contributed by atoms with Gasteiger partial charge in [0.2, 0.25) is 0 Å². The van der Waals surface area contributed by atoms with E-state index in [9.17, 15) is 18.0 Å². The first-order chi connectivity index (χ1) is 7.92. The molecule has 0 aromatic carbocycles. The second-order valence-electron chi connectivity index (χ2n) is 3.52. The fraction of sp³-hybridized carbons (Fsp3) is 0.600. The Morgan fingerprint density at radius 1 is 1.53 bits per heavy atom. The predicted molar refractivity (Wildman–Crippen MR) is 53.7 cm³/mol. The standard InChI is InChI=1S/C10H13F3N2O2/c1-2-3-15-5-8(4-14-15)9(16)6-17-7-10(11,12)13/h4-5H,2-3,6-7H2,1H3. The number of hydrogen-bond acceptors (Lipinski definition) is 3. The molecule has 0 radical (unpaired) electrons. The van der Waals surface area contributed by atoms with Crippen LogP contribution in [-0.2, 0) is 11.3 Å². The van der Waals surface area contributed by atoms with E-state index in [0.29, 0.717) is 6.54 Å². The van der Waals surface area contributed by atoms with Crippen LogP contribution >= 0.6 is 0 Å². The number of ether oxygens (including phenoxy) is 1. The maximum Gasteiger partial charge on any atom is 0.411 e. The van der Waals surface area contributed by atoms with Gasteiger partial charge in [0.15, 0.2) is 5.78 Å². The summed E-state index contributed by atoms with van der Waals surface area (Å²) in [5, 5.41) is 3.90. The van der Waals surface area contributed by atoms with E-state index in [-0.39, 0.29) is 5.56 Å². The number of carbonyl (C=O) groups is 1. The van der Waals surface area contributed by atoms with Crippen molar-refractivity contribution in [2.24, 2.45) is 0 Å². The average Bonchev–Trinajstić information content (AvgIpc) is 2.65. The summed E-state index contributed by atoms with van der Waals surface area (Å²) in [4.78, 5) is 11.4. The van der Waals surface area contributed by atoms with Crippen molar-refractivity contribution in [1.82, 2.24) is 9.78 Å². The third-order valence-electron chi connectivity index (χ3n) is 1.91. The summed E-state index contributed by atoms with van der Waals surface area (Å²) in [6.07, 6.45) is -0.718. The van der Waals surface area contributed by atoms with Gasteiger partial charge in [-0.3, -0.25) is 9.48 Å². The molecule has 1 rings (SSSR count). The molecule has 0 aliphatic rings. The number of alkyl halides is 3. The molecule has 1 heterocycles. The predicted octanol–water partition coefficient (Wildman–Crippen LogP) is 2.05. The van der Waals surface area contributed by atoms with Crippen molar-refractivity contribution in [2.75, 3.05) is 13.2 Å². The van der Waals surface area contributed by atoms with Gasteiger partial charge in [0, 0.05) is 12.7 Å². The summed E-state index contributed by atoms with van der Waals surface area (Å²) in [5.41, 5.74) is 0.264. The highest BCUT2D eigenvalue weighted by Crippen LogP contribution is 2.14. The lowest BCUT2D eigenvalue weighted by Gasteiger charge is -2.05. The average molecular weight is 250 g/mol. The Hall–Kier alpha value is -1.37. The monoisotopic (exact) mass is 250 g/mol. The first-order valence-electron chi connectivity index (χ1n) is 5.12. The maximum absolute atomic E-state index is 11.8. The van der Waals surface area contributed by atoms with Crippen LogP contribution in [0, 0.1) is 0 Å². The van der Waals surface area contributed by atoms with Crippen LogP contribution in [0.2, 0.25) is 0 Å². The Kier molecular flexibility index (Phi) is 4.68. The van der Waals surface area contributed by atoms with E-state index in [4.69, 9.17) is 0 Å². The van der Waals surface area contributed by atoms with Crippen LogP contribution in [0.1, 0.15) is 23.7 Å².